The molecule has 1 saturated heterocycles. The summed E-state index contributed by atoms with van der Waals surface area (Å²) in [6.45, 7) is 0. The molecule has 5 rings (SSSR count). The lowest BCUT2D eigenvalue weighted by atomic mass is 10.2. The number of carbonyl (C=O) groups is 1. The van der Waals surface area contributed by atoms with Gasteiger partial charge in [0.2, 0.25) is 5.91 Å². The Hall–Kier alpha value is -3.19. The molecular weight excluding hydrogens is 358 g/mol. The van der Waals surface area contributed by atoms with Crippen LogP contribution in [0.25, 0.3) is 21.9 Å². The van der Waals surface area contributed by atoms with E-state index in [9.17, 15) is 4.79 Å². The van der Waals surface area contributed by atoms with E-state index in [1.165, 1.54) is 0 Å². The first kappa shape index (κ1) is 16.0. The van der Waals surface area contributed by atoms with Crippen molar-refractivity contribution in [2.75, 3.05) is 10.7 Å². The monoisotopic (exact) mass is 373 g/mol. The zero-order valence-electron chi connectivity index (χ0n) is 14.3. The topological polar surface area (TPSA) is 74.2 Å². The van der Waals surface area contributed by atoms with Crippen LogP contribution in [0.5, 0.6) is 0 Å². The fourth-order valence-corrected chi connectivity index (χ4v) is 4.09. The van der Waals surface area contributed by atoms with Crippen LogP contribution in [0.4, 0.5) is 11.5 Å². The number of pyridine rings is 1. The number of H-pyrrole nitrogens is 1. The molecule has 0 atom stereocenters. The van der Waals surface area contributed by atoms with E-state index in [0.717, 1.165) is 22.0 Å². The molecule has 27 heavy (non-hydrogen) atoms. The molecule has 7 heteroatoms. The Morgan fingerprint density at radius 2 is 1.89 bits per heavy atom. The Balaban J connectivity index is 1.64. The van der Waals surface area contributed by atoms with Gasteiger partial charge in [0.15, 0.2) is 16.6 Å². The highest BCUT2D eigenvalue weighted by molar-refractivity contribution is 8.14. The number of thioether (sulfide) groups is 1. The number of amides is 1. The highest BCUT2D eigenvalue weighted by atomic mass is 32.2. The summed E-state index contributed by atoms with van der Waals surface area (Å²) in [5.41, 5.74) is 2.41. The number of aromatic amines is 1. The van der Waals surface area contributed by atoms with Crippen molar-refractivity contribution in [3.63, 3.8) is 0 Å². The maximum Gasteiger partial charge on any atom is 0.233 e. The van der Waals surface area contributed by atoms with Gasteiger partial charge in [0, 0.05) is 17.6 Å². The number of aliphatic imine (C=N–C) groups is 1. The predicted octanol–water partition coefficient (Wildman–Crippen LogP) is 4.27. The van der Waals surface area contributed by atoms with Crippen molar-refractivity contribution in [2.24, 2.45) is 4.99 Å². The Morgan fingerprint density at radius 3 is 2.78 bits per heavy atom. The lowest BCUT2D eigenvalue weighted by Crippen LogP contribution is -2.39. The van der Waals surface area contributed by atoms with Gasteiger partial charge in [-0.1, -0.05) is 48.2 Å². The minimum Gasteiger partial charge on any atom is -0.274 e. The normalized spacial score (nSPS) is 16.5. The van der Waals surface area contributed by atoms with E-state index in [4.69, 9.17) is 4.99 Å². The number of para-hydroxylation sites is 2. The molecule has 132 valence electrons. The van der Waals surface area contributed by atoms with Crippen LogP contribution < -0.4 is 4.90 Å². The van der Waals surface area contributed by atoms with Crippen molar-refractivity contribution in [3.05, 3.63) is 60.7 Å². The SMILES string of the molecule is O=C1CCSC(=Nc2n[nH]c3nc4ccccc4cc23)N1c1ccccc1. The highest BCUT2D eigenvalue weighted by Gasteiger charge is 2.27. The number of carbonyl (C=O) groups excluding carboxylic acids is 1. The van der Waals surface area contributed by atoms with Gasteiger partial charge in [0.25, 0.3) is 0 Å². The molecule has 3 heterocycles. The van der Waals surface area contributed by atoms with Gasteiger partial charge in [0.05, 0.1) is 16.6 Å². The molecule has 0 aliphatic carbocycles. The summed E-state index contributed by atoms with van der Waals surface area (Å²) >= 11 is 1.56. The average Bonchev–Trinajstić information content (AvgIpc) is 3.09. The van der Waals surface area contributed by atoms with E-state index in [2.05, 4.69) is 15.2 Å². The summed E-state index contributed by atoms with van der Waals surface area (Å²) in [5, 5.41) is 9.80. The van der Waals surface area contributed by atoms with Gasteiger partial charge in [-0.25, -0.2) is 9.98 Å². The first-order chi connectivity index (χ1) is 13.3. The summed E-state index contributed by atoms with van der Waals surface area (Å²) in [5.74, 6) is 1.30. The number of nitrogens with one attached hydrogen (secondary N) is 1. The number of aromatic nitrogens is 3. The van der Waals surface area contributed by atoms with E-state index >= 15 is 0 Å². The van der Waals surface area contributed by atoms with E-state index in [0.29, 0.717) is 28.8 Å². The van der Waals surface area contributed by atoms with Gasteiger partial charge in [-0.2, -0.15) is 5.10 Å². The molecule has 1 N–H and O–H groups in total. The molecule has 0 unspecified atom stereocenters. The number of anilines is 1. The van der Waals surface area contributed by atoms with Crippen molar-refractivity contribution < 1.29 is 4.79 Å². The van der Waals surface area contributed by atoms with E-state index in [-0.39, 0.29) is 5.91 Å². The maximum atomic E-state index is 12.6. The quantitative estimate of drug-likeness (QED) is 0.569. The molecule has 2 aromatic carbocycles. The van der Waals surface area contributed by atoms with Crippen LogP contribution >= 0.6 is 11.8 Å². The van der Waals surface area contributed by atoms with E-state index in [1.54, 1.807) is 16.7 Å². The fourth-order valence-electron chi connectivity index (χ4n) is 3.14. The van der Waals surface area contributed by atoms with Gasteiger partial charge in [-0.3, -0.25) is 14.8 Å². The first-order valence-electron chi connectivity index (χ1n) is 8.63. The van der Waals surface area contributed by atoms with Crippen molar-refractivity contribution in [1.29, 1.82) is 0 Å². The van der Waals surface area contributed by atoms with Crippen molar-refractivity contribution >= 4 is 56.3 Å². The smallest absolute Gasteiger partial charge is 0.233 e. The number of hydrogen-bond acceptors (Lipinski definition) is 5. The molecule has 0 bridgehead atoms. The Labute approximate surface area is 159 Å². The summed E-state index contributed by atoms with van der Waals surface area (Å²) in [7, 11) is 0. The molecule has 0 saturated carbocycles. The number of amidine groups is 1. The van der Waals surface area contributed by atoms with Gasteiger partial charge in [-0.05, 0) is 24.3 Å². The minimum absolute atomic E-state index is 0.0436. The van der Waals surface area contributed by atoms with Crippen molar-refractivity contribution in [1.82, 2.24) is 15.2 Å². The molecule has 4 aromatic rings. The Bertz CT molecular complexity index is 1180. The second kappa shape index (κ2) is 6.51. The van der Waals surface area contributed by atoms with Crippen LogP contribution in [0.1, 0.15) is 6.42 Å². The Kier molecular flexibility index (Phi) is 3.86. The van der Waals surface area contributed by atoms with Crippen LogP contribution in [0.3, 0.4) is 0 Å². The maximum absolute atomic E-state index is 12.6. The summed E-state index contributed by atoms with van der Waals surface area (Å²) < 4.78 is 0. The molecule has 2 aromatic heterocycles. The summed E-state index contributed by atoms with van der Waals surface area (Å²) in [4.78, 5) is 23.6. The standard InChI is InChI=1S/C20H15N5OS/c26-17-10-11-27-20(25(17)14-7-2-1-3-8-14)22-19-15-12-13-6-4-5-9-16(13)21-18(15)23-24-19/h1-9,12H,10-11H2,(H,21,23,24). The number of hydrogen-bond donors (Lipinski definition) is 1. The second-order valence-electron chi connectivity index (χ2n) is 6.18. The lowest BCUT2D eigenvalue weighted by Gasteiger charge is -2.27. The number of fused-ring (bicyclic) bond motifs is 2. The molecule has 1 aliphatic rings. The largest absolute Gasteiger partial charge is 0.274 e. The number of nitrogens with zero attached hydrogens (tertiary/aromatic N) is 4. The molecule has 0 radical (unpaired) electrons. The van der Waals surface area contributed by atoms with Gasteiger partial charge in [0.1, 0.15) is 0 Å². The lowest BCUT2D eigenvalue weighted by molar-refractivity contribution is -0.117. The zero-order valence-corrected chi connectivity index (χ0v) is 15.1. The second-order valence-corrected chi connectivity index (χ2v) is 7.24. The van der Waals surface area contributed by atoms with Gasteiger partial charge < -0.3 is 0 Å². The van der Waals surface area contributed by atoms with Gasteiger partial charge >= 0.3 is 0 Å². The molecule has 6 nitrogen and oxygen atoms in total. The van der Waals surface area contributed by atoms with Crippen LogP contribution in [0.15, 0.2) is 65.7 Å². The minimum atomic E-state index is 0.0436. The summed E-state index contributed by atoms with van der Waals surface area (Å²) in [6.07, 6.45) is 0.492. The average molecular weight is 373 g/mol. The summed E-state index contributed by atoms with van der Waals surface area (Å²) in [6, 6.07) is 19.5. The van der Waals surface area contributed by atoms with Crippen LogP contribution in [-0.2, 0) is 4.79 Å². The van der Waals surface area contributed by atoms with Crippen LogP contribution in [0, 0.1) is 0 Å². The highest BCUT2D eigenvalue weighted by Crippen LogP contribution is 2.31. The fraction of sp³-hybridized carbons (Fsp3) is 0.100. The third-order valence-electron chi connectivity index (χ3n) is 4.44. The van der Waals surface area contributed by atoms with Gasteiger partial charge in [-0.15, -0.1) is 0 Å². The van der Waals surface area contributed by atoms with Crippen LogP contribution in [-0.4, -0.2) is 32.0 Å². The zero-order chi connectivity index (χ0) is 18.2. The first-order valence-corrected chi connectivity index (χ1v) is 9.61. The van der Waals surface area contributed by atoms with Crippen molar-refractivity contribution in [2.45, 2.75) is 6.42 Å². The molecule has 0 spiro atoms. The predicted molar refractivity (Wildman–Crippen MR) is 109 cm³/mol. The van der Waals surface area contributed by atoms with Crippen LogP contribution in [0.2, 0.25) is 0 Å². The molecule has 1 amide bonds. The molecule has 1 aliphatic heterocycles. The third-order valence-corrected chi connectivity index (χ3v) is 5.38. The van der Waals surface area contributed by atoms with E-state index < -0.39 is 0 Å². The Morgan fingerprint density at radius 1 is 1.07 bits per heavy atom. The third kappa shape index (κ3) is 2.86. The number of benzene rings is 2. The molecular formula is C20H15N5OS. The van der Waals surface area contributed by atoms with E-state index in [1.807, 2.05) is 60.7 Å². The van der Waals surface area contributed by atoms with Crippen molar-refractivity contribution in [3.8, 4) is 0 Å². The molecule has 1 fully saturated rings. The number of rotatable bonds is 2.